The van der Waals surface area contributed by atoms with E-state index in [-0.39, 0.29) is 5.91 Å². The van der Waals surface area contributed by atoms with Crippen molar-refractivity contribution in [2.24, 2.45) is 0 Å². The maximum Gasteiger partial charge on any atom is 0.270 e. The molecular weight excluding hydrogens is 342 g/mol. The highest BCUT2D eigenvalue weighted by molar-refractivity contribution is 5.92. The van der Waals surface area contributed by atoms with Crippen molar-refractivity contribution in [3.8, 4) is 0 Å². The molecule has 0 unspecified atom stereocenters. The Balaban J connectivity index is 1.48. The number of hydrogen-bond donors (Lipinski definition) is 2. The topological polar surface area (TPSA) is 79.4 Å². The third-order valence-electron chi connectivity index (χ3n) is 4.45. The number of hydrogen-bond acceptors (Lipinski definition) is 6. The molecule has 1 aromatic heterocycles. The van der Waals surface area contributed by atoms with Crippen molar-refractivity contribution in [3.05, 3.63) is 53.5 Å². The molecule has 0 saturated carbocycles. The van der Waals surface area contributed by atoms with E-state index in [1.54, 1.807) is 13.0 Å². The van der Waals surface area contributed by atoms with E-state index >= 15 is 0 Å². The van der Waals surface area contributed by atoms with E-state index in [4.69, 9.17) is 4.74 Å². The van der Waals surface area contributed by atoms with E-state index < -0.39 is 0 Å². The Morgan fingerprint density at radius 1 is 1.15 bits per heavy atom. The minimum Gasteiger partial charge on any atom is -0.379 e. The zero-order chi connectivity index (χ0) is 18.9. The maximum atomic E-state index is 12.4. The Bertz CT molecular complexity index is 732. The Kier molecular flexibility index (Phi) is 7.12. The first kappa shape index (κ1) is 19.3. The van der Waals surface area contributed by atoms with E-state index in [9.17, 15) is 4.79 Å². The quantitative estimate of drug-likeness (QED) is 0.734. The van der Waals surface area contributed by atoms with Crippen LogP contribution in [0.3, 0.4) is 0 Å². The highest BCUT2D eigenvalue weighted by Crippen LogP contribution is 2.08. The molecular formula is C20H27N5O2. The van der Waals surface area contributed by atoms with Crippen LogP contribution in [-0.2, 0) is 11.2 Å². The molecule has 2 aromatic rings. The molecule has 0 radical (unpaired) electrons. The predicted molar refractivity (Wildman–Crippen MR) is 105 cm³/mol. The van der Waals surface area contributed by atoms with Crippen LogP contribution < -0.4 is 10.6 Å². The van der Waals surface area contributed by atoms with Gasteiger partial charge >= 0.3 is 0 Å². The number of ether oxygens (including phenoxy) is 1. The lowest BCUT2D eigenvalue weighted by atomic mass is 10.1. The van der Waals surface area contributed by atoms with Gasteiger partial charge in [-0.3, -0.25) is 9.69 Å². The van der Waals surface area contributed by atoms with Gasteiger partial charge in [0.2, 0.25) is 0 Å². The summed E-state index contributed by atoms with van der Waals surface area (Å²) in [5.41, 5.74) is 1.66. The number of anilines is 1. The van der Waals surface area contributed by atoms with Crippen LogP contribution in [0.15, 0.2) is 36.4 Å². The van der Waals surface area contributed by atoms with Crippen LogP contribution in [0.25, 0.3) is 0 Å². The molecule has 1 aliphatic heterocycles. The van der Waals surface area contributed by atoms with Gasteiger partial charge in [0.25, 0.3) is 5.91 Å². The lowest BCUT2D eigenvalue weighted by Crippen LogP contribution is -2.41. The van der Waals surface area contributed by atoms with Gasteiger partial charge in [-0.25, -0.2) is 9.97 Å². The van der Waals surface area contributed by atoms with Crippen LogP contribution >= 0.6 is 0 Å². The molecule has 144 valence electrons. The third-order valence-corrected chi connectivity index (χ3v) is 4.45. The number of rotatable bonds is 8. The van der Waals surface area contributed by atoms with Crippen molar-refractivity contribution in [2.45, 2.75) is 13.3 Å². The maximum absolute atomic E-state index is 12.4. The first-order valence-electron chi connectivity index (χ1n) is 9.42. The summed E-state index contributed by atoms with van der Waals surface area (Å²) >= 11 is 0. The second kappa shape index (κ2) is 9.99. The zero-order valence-electron chi connectivity index (χ0n) is 15.8. The van der Waals surface area contributed by atoms with Gasteiger partial charge in [-0.15, -0.1) is 0 Å². The minimum atomic E-state index is -0.167. The molecule has 1 amide bonds. The van der Waals surface area contributed by atoms with E-state index in [1.807, 2.05) is 18.2 Å². The van der Waals surface area contributed by atoms with Gasteiger partial charge in [0, 0.05) is 38.8 Å². The van der Waals surface area contributed by atoms with Crippen LogP contribution in [-0.4, -0.2) is 66.7 Å². The predicted octanol–water partition coefficient (Wildman–Crippen LogP) is 1.50. The van der Waals surface area contributed by atoms with Gasteiger partial charge in [0.1, 0.15) is 17.3 Å². The average molecular weight is 369 g/mol. The summed E-state index contributed by atoms with van der Waals surface area (Å²) in [6.45, 7) is 7.31. The molecule has 2 heterocycles. The lowest BCUT2D eigenvalue weighted by molar-refractivity contribution is 0.0383. The SMILES string of the molecule is Cc1nc(NCCc2ccccc2)cc(C(=O)NCCN2CCOCC2)n1. The number of aromatic nitrogens is 2. The summed E-state index contributed by atoms with van der Waals surface area (Å²) in [5.74, 6) is 1.09. The first-order valence-corrected chi connectivity index (χ1v) is 9.42. The van der Waals surface area contributed by atoms with Crippen molar-refractivity contribution in [3.63, 3.8) is 0 Å². The first-order chi connectivity index (χ1) is 13.2. The molecule has 0 atom stereocenters. The summed E-state index contributed by atoms with van der Waals surface area (Å²) in [6, 6.07) is 12.0. The average Bonchev–Trinajstić information content (AvgIpc) is 2.69. The third kappa shape index (κ3) is 6.30. The molecule has 1 saturated heterocycles. The van der Waals surface area contributed by atoms with Crippen molar-refractivity contribution in [2.75, 3.05) is 51.3 Å². The summed E-state index contributed by atoms with van der Waals surface area (Å²) in [6.07, 6.45) is 0.894. The summed E-state index contributed by atoms with van der Waals surface area (Å²) in [5, 5.41) is 6.23. The monoisotopic (exact) mass is 369 g/mol. The number of amides is 1. The molecule has 3 rings (SSSR count). The lowest BCUT2D eigenvalue weighted by Gasteiger charge is -2.26. The summed E-state index contributed by atoms with van der Waals surface area (Å²) < 4.78 is 5.33. The number of nitrogens with zero attached hydrogens (tertiary/aromatic N) is 3. The van der Waals surface area contributed by atoms with Gasteiger partial charge in [0.15, 0.2) is 0 Å². The Labute approximate surface area is 160 Å². The smallest absolute Gasteiger partial charge is 0.270 e. The van der Waals surface area contributed by atoms with E-state index in [0.717, 1.165) is 45.8 Å². The number of carbonyl (C=O) groups is 1. The molecule has 2 N–H and O–H groups in total. The molecule has 7 heteroatoms. The molecule has 1 aromatic carbocycles. The van der Waals surface area contributed by atoms with Gasteiger partial charge in [-0.2, -0.15) is 0 Å². The van der Waals surface area contributed by atoms with Crippen molar-refractivity contribution in [1.82, 2.24) is 20.2 Å². The second-order valence-corrected chi connectivity index (χ2v) is 6.56. The number of aryl methyl sites for hydroxylation is 1. The van der Waals surface area contributed by atoms with Crippen LogP contribution in [0.2, 0.25) is 0 Å². The van der Waals surface area contributed by atoms with Crippen molar-refractivity contribution < 1.29 is 9.53 Å². The van der Waals surface area contributed by atoms with Gasteiger partial charge in [-0.05, 0) is 18.9 Å². The van der Waals surface area contributed by atoms with Crippen LogP contribution in [0, 0.1) is 6.92 Å². The van der Waals surface area contributed by atoms with Gasteiger partial charge in [-0.1, -0.05) is 30.3 Å². The van der Waals surface area contributed by atoms with Gasteiger partial charge in [0.05, 0.1) is 13.2 Å². The van der Waals surface area contributed by atoms with E-state index in [1.165, 1.54) is 5.56 Å². The molecule has 7 nitrogen and oxygen atoms in total. The fourth-order valence-electron chi connectivity index (χ4n) is 3.00. The largest absolute Gasteiger partial charge is 0.379 e. The molecule has 0 spiro atoms. The van der Waals surface area contributed by atoms with Crippen LogP contribution in [0.4, 0.5) is 5.82 Å². The van der Waals surface area contributed by atoms with E-state index in [2.05, 4.69) is 37.6 Å². The fraction of sp³-hybridized carbons (Fsp3) is 0.450. The van der Waals surface area contributed by atoms with Crippen LogP contribution in [0.1, 0.15) is 21.9 Å². The van der Waals surface area contributed by atoms with Crippen molar-refractivity contribution >= 4 is 11.7 Å². The highest BCUT2D eigenvalue weighted by atomic mass is 16.5. The number of benzene rings is 1. The fourth-order valence-corrected chi connectivity index (χ4v) is 3.00. The summed E-state index contributed by atoms with van der Waals surface area (Å²) in [7, 11) is 0. The highest BCUT2D eigenvalue weighted by Gasteiger charge is 2.13. The molecule has 1 fully saturated rings. The minimum absolute atomic E-state index is 0.167. The second-order valence-electron chi connectivity index (χ2n) is 6.56. The standard InChI is InChI=1S/C20H27N5O2/c1-16-23-18(20(26)22-9-10-25-11-13-27-14-12-25)15-19(24-16)21-8-7-17-5-3-2-4-6-17/h2-6,15H,7-14H2,1H3,(H,22,26)(H,21,23,24). The van der Waals surface area contributed by atoms with Crippen molar-refractivity contribution in [1.29, 1.82) is 0 Å². The molecule has 0 bridgehead atoms. The zero-order valence-corrected chi connectivity index (χ0v) is 15.8. The molecule has 27 heavy (non-hydrogen) atoms. The Hall–Kier alpha value is -2.51. The summed E-state index contributed by atoms with van der Waals surface area (Å²) in [4.78, 5) is 23.3. The molecule has 0 aliphatic carbocycles. The molecule has 1 aliphatic rings. The number of morpholine rings is 1. The Morgan fingerprint density at radius 2 is 1.93 bits per heavy atom. The van der Waals surface area contributed by atoms with Gasteiger partial charge < -0.3 is 15.4 Å². The number of carbonyl (C=O) groups excluding carboxylic acids is 1. The van der Waals surface area contributed by atoms with Crippen LogP contribution in [0.5, 0.6) is 0 Å². The van der Waals surface area contributed by atoms with E-state index in [0.29, 0.717) is 23.9 Å². The normalized spacial score (nSPS) is 14.7. The Morgan fingerprint density at radius 3 is 2.70 bits per heavy atom. The number of nitrogens with one attached hydrogen (secondary N) is 2.